The molecule has 3 aromatic carbocycles. The molecule has 0 saturated heterocycles. The SMILES string of the molecule is O=C(Oc1ccc(Cl)cc1Cl)c1ccc(NC2=C(Cl)C(=O)N(c3ccc(Cl)c(Cl)c3)C2=O)cc1. The van der Waals surface area contributed by atoms with E-state index in [0.29, 0.717) is 10.7 Å². The molecule has 0 saturated carbocycles. The van der Waals surface area contributed by atoms with E-state index < -0.39 is 17.8 Å². The number of imide groups is 1. The summed E-state index contributed by atoms with van der Waals surface area (Å²) >= 11 is 29.9. The molecule has 172 valence electrons. The normalized spacial score (nSPS) is 13.5. The Bertz CT molecular complexity index is 1370. The fraction of sp³-hybridized carbons (Fsp3) is 0. The number of ether oxygens (including phenoxy) is 1. The lowest BCUT2D eigenvalue weighted by atomic mass is 10.2. The highest BCUT2D eigenvalue weighted by molar-refractivity contribution is 6.53. The zero-order valence-corrected chi connectivity index (χ0v) is 20.5. The van der Waals surface area contributed by atoms with Crippen molar-refractivity contribution in [3.63, 3.8) is 0 Å². The maximum Gasteiger partial charge on any atom is 0.343 e. The molecule has 1 aliphatic rings. The van der Waals surface area contributed by atoms with Gasteiger partial charge in [0.15, 0.2) is 0 Å². The third-order valence-electron chi connectivity index (χ3n) is 4.68. The number of benzene rings is 3. The number of amides is 2. The van der Waals surface area contributed by atoms with E-state index in [1.807, 2.05) is 0 Å². The molecule has 6 nitrogen and oxygen atoms in total. The first-order valence-corrected chi connectivity index (χ1v) is 11.3. The standard InChI is InChI=1S/C23H11Cl5N2O4/c24-12-3-8-18(17(27)9-12)34-23(33)11-1-4-13(5-2-11)29-20-19(28)21(31)30(22(20)32)14-6-7-15(25)16(26)10-14/h1-10,29H. The van der Waals surface area contributed by atoms with Gasteiger partial charge >= 0.3 is 5.97 Å². The minimum Gasteiger partial charge on any atom is -0.421 e. The van der Waals surface area contributed by atoms with Crippen LogP contribution in [-0.4, -0.2) is 17.8 Å². The first-order chi connectivity index (χ1) is 16.2. The molecule has 4 rings (SSSR count). The Morgan fingerprint density at radius 3 is 2.12 bits per heavy atom. The van der Waals surface area contributed by atoms with Gasteiger partial charge in [-0.2, -0.15) is 0 Å². The lowest BCUT2D eigenvalue weighted by Crippen LogP contribution is -2.32. The van der Waals surface area contributed by atoms with E-state index in [2.05, 4.69) is 5.32 Å². The van der Waals surface area contributed by atoms with Gasteiger partial charge in [0.2, 0.25) is 0 Å². The second-order valence-electron chi connectivity index (χ2n) is 6.90. The molecule has 0 radical (unpaired) electrons. The summed E-state index contributed by atoms with van der Waals surface area (Å²) in [4.78, 5) is 38.8. The highest BCUT2D eigenvalue weighted by Crippen LogP contribution is 2.34. The van der Waals surface area contributed by atoms with E-state index in [4.69, 9.17) is 62.7 Å². The minimum atomic E-state index is -0.715. The number of nitrogens with zero attached hydrogens (tertiary/aromatic N) is 1. The Balaban J connectivity index is 1.49. The maximum absolute atomic E-state index is 12.9. The smallest absolute Gasteiger partial charge is 0.343 e. The maximum atomic E-state index is 12.9. The van der Waals surface area contributed by atoms with Crippen molar-refractivity contribution in [2.24, 2.45) is 0 Å². The molecule has 0 fully saturated rings. The Morgan fingerprint density at radius 2 is 1.47 bits per heavy atom. The van der Waals surface area contributed by atoms with Gasteiger partial charge in [0.25, 0.3) is 11.8 Å². The molecule has 11 heteroatoms. The summed E-state index contributed by atoms with van der Waals surface area (Å²) in [6, 6.07) is 14.8. The highest BCUT2D eigenvalue weighted by Gasteiger charge is 2.39. The number of carbonyl (C=O) groups is 3. The predicted molar refractivity (Wildman–Crippen MR) is 133 cm³/mol. The summed E-state index contributed by atoms with van der Waals surface area (Å²) in [5, 5.41) is 3.58. The Morgan fingerprint density at radius 1 is 0.765 bits per heavy atom. The molecule has 0 unspecified atom stereocenters. The van der Waals surface area contributed by atoms with Crippen LogP contribution in [0.3, 0.4) is 0 Å². The van der Waals surface area contributed by atoms with Crippen molar-refractivity contribution in [2.75, 3.05) is 10.2 Å². The van der Waals surface area contributed by atoms with E-state index in [1.54, 1.807) is 6.07 Å². The van der Waals surface area contributed by atoms with E-state index in [9.17, 15) is 14.4 Å². The van der Waals surface area contributed by atoms with Gasteiger partial charge in [0.1, 0.15) is 16.5 Å². The van der Waals surface area contributed by atoms with Crippen LogP contribution < -0.4 is 15.0 Å². The molecule has 0 aromatic heterocycles. The lowest BCUT2D eigenvalue weighted by Gasteiger charge is -2.15. The minimum absolute atomic E-state index is 0.124. The number of esters is 1. The number of nitrogens with one attached hydrogen (secondary N) is 1. The van der Waals surface area contributed by atoms with Crippen molar-refractivity contribution in [3.05, 3.63) is 97.0 Å². The molecule has 0 aliphatic carbocycles. The summed E-state index contributed by atoms with van der Waals surface area (Å²) < 4.78 is 5.28. The first-order valence-electron chi connectivity index (χ1n) is 9.43. The van der Waals surface area contributed by atoms with E-state index in [0.717, 1.165) is 4.90 Å². The number of hydrogen-bond acceptors (Lipinski definition) is 5. The Labute approximate surface area is 218 Å². The summed E-state index contributed by atoms with van der Waals surface area (Å²) in [6.07, 6.45) is 0. The second-order valence-corrected chi connectivity index (χ2v) is 8.94. The van der Waals surface area contributed by atoms with Crippen LogP contribution in [0.1, 0.15) is 10.4 Å². The average molecular weight is 557 g/mol. The lowest BCUT2D eigenvalue weighted by molar-refractivity contribution is -0.120. The second kappa shape index (κ2) is 9.86. The monoisotopic (exact) mass is 554 g/mol. The Hall–Kier alpha value is -2.74. The van der Waals surface area contributed by atoms with Gasteiger partial charge in [0, 0.05) is 10.7 Å². The van der Waals surface area contributed by atoms with Gasteiger partial charge in [0.05, 0.1) is 26.3 Å². The van der Waals surface area contributed by atoms with Gasteiger partial charge in [-0.1, -0.05) is 58.0 Å². The van der Waals surface area contributed by atoms with E-state index >= 15 is 0 Å². The van der Waals surface area contributed by atoms with Gasteiger partial charge in [-0.15, -0.1) is 0 Å². The summed E-state index contributed by atoms with van der Waals surface area (Å²) in [5.41, 5.74) is 0.730. The van der Waals surface area contributed by atoms with Crippen molar-refractivity contribution in [1.29, 1.82) is 0 Å². The van der Waals surface area contributed by atoms with Crippen LogP contribution >= 0.6 is 58.0 Å². The molecule has 1 heterocycles. The molecular weight excluding hydrogens is 546 g/mol. The summed E-state index contributed by atoms with van der Waals surface area (Å²) in [7, 11) is 0. The van der Waals surface area contributed by atoms with Crippen molar-refractivity contribution in [1.82, 2.24) is 0 Å². The van der Waals surface area contributed by atoms with Crippen molar-refractivity contribution >= 4 is 87.2 Å². The van der Waals surface area contributed by atoms with Crippen LogP contribution in [0.5, 0.6) is 5.75 Å². The topological polar surface area (TPSA) is 75.7 Å². The van der Waals surface area contributed by atoms with Gasteiger partial charge < -0.3 is 10.1 Å². The van der Waals surface area contributed by atoms with Gasteiger partial charge in [-0.3, -0.25) is 9.59 Å². The van der Waals surface area contributed by atoms with Gasteiger partial charge in [-0.25, -0.2) is 9.69 Å². The third kappa shape index (κ3) is 4.87. The zero-order chi connectivity index (χ0) is 24.6. The molecule has 0 spiro atoms. The van der Waals surface area contributed by atoms with E-state index in [-0.39, 0.29) is 42.8 Å². The van der Waals surface area contributed by atoms with Crippen molar-refractivity contribution in [3.8, 4) is 5.75 Å². The largest absolute Gasteiger partial charge is 0.421 e. The number of halogens is 5. The summed E-state index contributed by atoms with van der Waals surface area (Å²) in [6.45, 7) is 0. The summed E-state index contributed by atoms with van der Waals surface area (Å²) in [5.74, 6) is -1.87. The van der Waals surface area contributed by atoms with Crippen molar-refractivity contribution in [2.45, 2.75) is 0 Å². The Kier molecular flexibility index (Phi) is 7.07. The van der Waals surface area contributed by atoms with Crippen LogP contribution in [0.4, 0.5) is 11.4 Å². The first kappa shape index (κ1) is 24.4. The fourth-order valence-corrected chi connectivity index (χ4v) is 3.97. The van der Waals surface area contributed by atoms with Crippen LogP contribution in [0.25, 0.3) is 0 Å². The average Bonchev–Trinajstić information content (AvgIpc) is 3.01. The molecule has 0 bridgehead atoms. The van der Waals surface area contributed by atoms with Crippen LogP contribution in [0, 0.1) is 0 Å². The quantitative estimate of drug-likeness (QED) is 0.209. The van der Waals surface area contributed by atoms with Crippen molar-refractivity contribution < 1.29 is 19.1 Å². The molecular formula is C23H11Cl5N2O4. The number of carbonyl (C=O) groups excluding carboxylic acids is 3. The molecule has 2 amide bonds. The number of hydrogen-bond donors (Lipinski definition) is 1. The molecule has 1 aliphatic heterocycles. The fourth-order valence-electron chi connectivity index (χ4n) is 3.02. The van der Waals surface area contributed by atoms with E-state index in [1.165, 1.54) is 54.6 Å². The van der Waals surface area contributed by atoms with Crippen LogP contribution in [0.2, 0.25) is 20.1 Å². The zero-order valence-electron chi connectivity index (χ0n) is 16.7. The molecule has 3 aromatic rings. The number of anilines is 2. The third-order valence-corrected chi connectivity index (χ3v) is 6.30. The highest BCUT2D eigenvalue weighted by atomic mass is 35.5. The number of rotatable bonds is 5. The molecule has 34 heavy (non-hydrogen) atoms. The van der Waals surface area contributed by atoms with Crippen LogP contribution in [-0.2, 0) is 9.59 Å². The van der Waals surface area contributed by atoms with Gasteiger partial charge in [-0.05, 0) is 60.7 Å². The predicted octanol–water partition coefficient (Wildman–Crippen LogP) is 6.96. The van der Waals surface area contributed by atoms with Crippen LogP contribution in [0.15, 0.2) is 71.4 Å². The molecule has 0 atom stereocenters. The molecule has 1 N–H and O–H groups in total.